The van der Waals surface area contributed by atoms with Crippen molar-refractivity contribution in [2.24, 2.45) is 5.92 Å². The quantitative estimate of drug-likeness (QED) is 0.802. The van der Waals surface area contributed by atoms with Gasteiger partial charge in [0.25, 0.3) is 0 Å². The van der Waals surface area contributed by atoms with E-state index in [1.54, 1.807) is 12.1 Å². The zero-order chi connectivity index (χ0) is 14.3. The highest BCUT2D eigenvalue weighted by atomic mass is 16.5. The molecule has 0 fully saturated rings. The molecule has 0 unspecified atom stereocenters. The Hall–Kier alpha value is -1.84. The van der Waals surface area contributed by atoms with E-state index in [9.17, 15) is 9.59 Å². The van der Waals surface area contributed by atoms with Gasteiger partial charge in [-0.1, -0.05) is 44.2 Å². The van der Waals surface area contributed by atoms with Gasteiger partial charge in [-0.2, -0.15) is 0 Å². The third-order valence-corrected chi connectivity index (χ3v) is 3.21. The van der Waals surface area contributed by atoms with Crippen molar-refractivity contribution in [1.29, 1.82) is 0 Å². The number of methoxy groups -OCH3 is 1. The number of carbonyl (C=O) groups excluding carboxylic acids is 2. The normalized spacial score (nSPS) is 12.0. The summed E-state index contributed by atoms with van der Waals surface area (Å²) in [6, 6.07) is 8.38. The minimum absolute atomic E-state index is 0.0733. The van der Waals surface area contributed by atoms with Crippen molar-refractivity contribution < 1.29 is 14.3 Å². The van der Waals surface area contributed by atoms with Crippen molar-refractivity contribution in [2.75, 3.05) is 7.11 Å². The molecule has 0 aromatic heterocycles. The molecule has 4 heteroatoms. The lowest BCUT2D eigenvalue weighted by Crippen LogP contribution is -2.38. The lowest BCUT2D eigenvalue weighted by molar-refractivity contribution is -0.145. The lowest BCUT2D eigenvalue weighted by atomic mass is 10.0. The fourth-order valence-electron chi connectivity index (χ4n) is 1.96. The van der Waals surface area contributed by atoms with Gasteiger partial charge in [-0.3, -0.25) is 4.79 Å². The number of esters is 1. The standard InChI is InChI=1S/C15H21NO3/c1-4-11(5-2)14(17)16-13(15(18)19-3)12-9-7-6-8-10-12/h6-11,13H,4-5H2,1-3H3,(H,16,17)/t13-/m0/s1. The lowest BCUT2D eigenvalue weighted by Gasteiger charge is -2.20. The molecule has 0 heterocycles. The number of ether oxygens (including phenoxy) is 1. The fraction of sp³-hybridized carbons (Fsp3) is 0.467. The smallest absolute Gasteiger partial charge is 0.333 e. The van der Waals surface area contributed by atoms with E-state index in [0.29, 0.717) is 0 Å². The predicted molar refractivity (Wildman–Crippen MR) is 73.4 cm³/mol. The third-order valence-electron chi connectivity index (χ3n) is 3.21. The molecule has 4 nitrogen and oxygen atoms in total. The molecule has 0 aliphatic carbocycles. The molecule has 19 heavy (non-hydrogen) atoms. The number of hydrogen-bond donors (Lipinski definition) is 1. The van der Waals surface area contributed by atoms with E-state index in [-0.39, 0.29) is 11.8 Å². The highest BCUT2D eigenvalue weighted by Gasteiger charge is 2.25. The number of benzene rings is 1. The number of nitrogens with one attached hydrogen (secondary N) is 1. The number of hydrogen-bond acceptors (Lipinski definition) is 3. The zero-order valence-corrected chi connectivity index (χ0v) is 11.7. The van der Waals surface area contributed by atoms with Gasteiger partial charge in [0.15, 0.2) is 6.04 Å². The van der Waals surface area contributed by atoms with Crippen LogP contribution in [0.25, 0.3) is 0 Å². The minimum Gasteiger partial charge on any atom is -0.467 e. The maximum absolute atomic E-state index is 12.1. The van der Waals surface area contributed by atoms with Crippen LogP contribution in [0.2, 0.25) is 0 Å². The summed E-state index contributed by atoms with van der Waals surface area (Å²) in [5.74, 6) is -0.634. The van der Waals surface area contributed by atoms with Crippen LogP contribution in [-0.2, 0) is 14.3 Å². The van der Waals surface area contributed by atoms with E-state index in [1.807, 2.05) is 32.0 Å². The van der Waals surface area contributed by atoms with Crippen molar-refractivity contribution in [3.63, 3.8) is 0 Å². The molecule has 0 spiro atoms. The van der Waals surface area contributed by atoms with Gasteiger partial charge in [-0.25, -0.2) is 4.79 Å². The van der Waals surface area contributed by atoms with Crippen molar-refractivity contribution in [3.8, 4) is 0 Å². The molecule has 1 atom stereocenters. The Labute approximate surface area is 114 Å². The highest BCUT2D eigenvalue weighted by molar-refractivity contribution is 5.86. The van der Waals surface area contributed by atoms with Gasteiger partial charge in [0, 0.05) is 5.92 Å². The minimum atomic E-state index is -0.737. The predicted octanol–water partition coefficient (Wildman–Crippen LogP) is 2.45. The second kappa shape index (κ2) is 7.56. The van der Waals surface area contributed by atoms with Gasteiger partial charge in [0.2, 0.25) is 5.91 Å². The van der Waals surface area contributed by atoms with Gasteiger partial charge in [0.1, 0.15) is 0 Å². The second-order valence-corrected chi connectivity index (χ2v) is 4.39. The summed E-state index contributed by atoms with van der Waals surface area (Å²) in [4.78, 5) is 23.9. The topological polar surface area (TPSA) is 55.4 Å². The Morgan fingerprint density at radius 3 is 2.21 bits per heavy atom. The van der Waals surface area contributed by atoms with Gasteiger partial charge in [-0.15, -0.1) is 0 Å². The van der Waals surface area contributed by atoms with Crippen LogP contribution in [0.4, 0.5) is 0 Å². The first-order valence-corrected chi connectivity index (χ1v) is 6.57. The number of rotatable bonds is 6. The molecule has 1 aromatic carbocycles. The van der Waals surface area contributed by atoms with Gasteiger partial charge < -0.3 is 10.1 Å². The van der Waals surface area contributed by atoms with E-state index in [4.69, 9.17) is 4.74 Å². The molecular formula is C15H21NO3. The van der Waals surface area contributed by atoms with Crippen molar-refractivity contribution in [3.05, 3.63) is 35.9 Å². The van der Waals surface area contributed by atoms with Crippen LogP contribution in [0.1, 0.15) is 38.3 Å². The van der Waals surface area contributed by atoms with Gasteiger partial charge >= 0.3 is 5.97 Å². The molecule has 0 saturated heterocycles. The maximum Gasteiger partial charge on any atom is 0.333 e. The largest absolute Gasteiger partial charge is 0.467 e. The van der Waals surface area contributed by atoms with Crippen LogP contribution in [-0.4, -0.2) is 19.0 Å². The summed E-state index contributed by atoms with van der Waals surface area (Å²) in [5, 5.41) is 2.77. The molecule has 1 amide bonds. The Morgan fingerprint density at radius 1 is 1.16 bits per heavy atom. The van der Waals surface area contributed by atoms with Crippen molar-refractivity contribution >= 4 is 11.9 Å². The summed E-state index contributed by atoms with van der Waals surface area (Å²) < 4.78 is 4.76. The first-order chi connectivity index (χ1) is 9.13. The SMILES string of the molecule is CCC(CC)C(=O)N[C@H](C(=O)OC)c1ccccc1. The summed E-state index contributed by atoms with van der Waals surface area (Å²) in [5.41, 5.74) is 0.730. The van der Waals surface area contributed by atoms with E-state index < -0.39 is 12.0 Å². The van der Waals surface area contributed by atoms with Crippen LogP contribution in [0.5, 0.6) is 0 Å². The van der Waals surface area contributed by atoms with Crippen LogP contribution in [0, 0.1) is 5.92 Å². The molecule has 0 aliphatic rings. The summed E-state index contributed by atoms with van der Waals surface area (Å²) >= 11 is 0. The zero-order valence-electron chi connectivity index (χ0n) is 11.7. The molecular weight excluding hydrogens is 242 g/mol. The Morgan fingerprint density at radius 2 is 1.74 bits per heavy atom. The average Bonchev–Trinajstić information content (AvgIpc) is 2.46. The van der Waals surface area contributed by atoms with E-state index >= 15 is 0 Å². The molecule has 0 saturated carbocycles. The Balaban J connectivity index is 2.88. The van der Waals surface area contributed by atoms with Crippen molar-refractivity contribution in [2.45, 2.75) is 32.7 Å². The molecule has 0 radical (unpaired) electrons. The second-order valence-electron chi connectivity index (χ2n) is 4.39. The van der Waals surface area contributed by atoms with Crippen LogP contribution < -0.4 is 5.32 Å². The molecule has 1 aromatic rings. The average molecular weight is 263 g/mol. The summed E-state index contributed by atoms with van der Waals surface area (Å²) in [7, 11) is 1.32. The van der Waals surface area contributed by atoms with E-state index in [1.165, 1.54) is 7.11 Å². The molecule has 0 bridgehead atoms. The van der Waals surface area contributed by atoms with E-state index in [0.717, 1.165) is 18.4 Å². The highest BCUT2D eigenvalue weighted by Crippen LogP contribution is 2.16. The summed E-state index contributed by atoms with van der Waals surface area (Å²) in [6.45, 7) is 3.92. The number of carbonyl (C=O) groups is 2. The third kappa shape index (κ3) is 4.09. The number of amides is 1. The monoisotopic (exact) mass is 263 g/mol. The van der Waals surface area contributed by atoms with Gasteiger partial charge in [-0.05, 0) is 18.4 Å². The van der Waals surface area contributed by atoms with Gasteiger partial charge in [0.05, 0.1) is 7.11 Å². The molecule has 104 valence electrons. The molecule has 1 rings (SSSR count). The molecule has 0 aliphatic heterocycles. The Kier molecular flexibility index (Phi) is 6.06. The van der Waals surface area contributed by atoms with Crippen molar-refractivity contribution in [1.82, 2.24) is 5.32 Å². The first kappa shape index (κ1) is 15.2. The van der Waals surface area contributed by atoms with E-state index in [2.05, 4.69) is 5.32 Å². The van der Waals surface area contributed by atoms with Crippen LogP contribution >= 0.6 is 0 Å². The maximum atomic E-state index is 12.1. The first-order valence-electron chi connectivity index (χ1n) is 6.57. The Bertz CT molecular complexity index is 413. The fourth-order valence-corrected chi connectivity index (χ4v) is 1.96. The molecule has 1 N–H and O–H groups in total. The summed E-state index contributed by atoms with van der Waals surface area (Å²) in [6.07, 6.45) is 1.51. The van der Waals surface area contributed by atoms with Crippen LogP contribution in [0.3, 0.4) is 0 Å². The van der Waals surface area contributed by atoms with Crippen LogP contribution in [0.15, 0.2) is 30.3 Å².